The van der Waals surface area contributed by atoms with Gasteiger partial charge in [0.15, 0.2) is 0 Å². The second kappa shape index (κ2) is 4.57. The summed E-state index contributed by atoms with van der Waals surface area (Å²) in [7, 11) is 0. The van der Waals surface area contributed by atoms with Gasteiger partial charge in [-0.3, -0.25) is 4.79 Å². The summed E-state index contributed by atoms with van der Waals surface area (Å²) in [5.41, 5.74) is 1.75. The number of hydrogen-bond acceptors (Lipinski definition) is 5. The lowest BCUT2D eigenvalue weighted by atomic mass is 10.1. The van der Waals surface area contributed by atoms with Gasteiger partial charge in [-0.1, -0.05) is 12.1 Å². The Morgan fingerprint density at radius 3 is 2.69 bits per heavy atom. The first-order valence-electron chi connectivity index (χ1n) is 4.74. The van der Waals surface area contributed by atoms with Gasteiger partial charge < -0.3 is 9.15 Å². The number of rotatable bonds is 3. The van der Waals surface area contributed by atoms with E-state index in [-0.39, 0.29) is 12.6 Å². The van der Waals surface area contributed by atoms with E-state index in [1.165, 1.54) is 13.3 Å². The fourth-order valence-electron chi connectivity index (χ4n) is 1.23. The summed E-state index contributed by atoms with van der Waals surface area (Å²) < 4.78 is 9.92. The molecule has 0 amide bonds. The van der Waals surface area contributed by atoms with Gasteiger partial charge in [-0.2, -0.15) is 0 Å². The molecule has 0 unspecified atom stereocenters. The number of esters is 1. The number of ether oxygens (including phenoxy) is 1. The van der Waals surface area contributed by atoms with E-state index >= 15 is 0 Å². The zero-order valence-electron chi connectivity index (χ0n) is 8.71. The highest BCUT2D eigenvalue weighted by atomic mass is 16.5. The first-order chi connectivity index (χ1) is 7.75. The monoisotopic (exact) mass is 218 g/mol. The largest absolute Gasteiger partial charge is 0.461 e. The zero-order chi connectivity index (χ0) is 11.4. The summed E-state index contributed by atoms with van der Waals surface area (Å²) in [6, 6.07) is 7.38. The van der Waals surface area contributed by atoms with E-state index in [0.29, 0.717) is 5.89 Å². The van der Waals surface area contributed by atoms with Gasteiger partial charge in [0.2, 0.25) is 12.3 Å². The average molecular weight is 218 g/mol. The highest BCUT2D eigenvalue weighted by Gasteiger charge is 2.03. The molecule has 0 N–H and O–H groups in total. The molecule has 1 heterocycles. The molecule has 0 saturated carbocycles. The third kappa shape index (κ3) is 2.44. The summed E-state index contributed by atoms with van der Waals surface area (Å²) in [6.07, 6.45) is 1.28. The van der Waals surface area contributed by atoms with Gasteiger partial charge in [0, 0.05) is 12.5 Å². The Morgan fingerprint density at radius 2 is 2.12 bits per heavy atom. The second-order valence-electron chi connectivity index (χ2n) is 3.22. The molecule has 2 aromatic rings. The average Bonchev–Trinajstić information content (AvgIpc) is 2.80. The van der Waals surface area contributed by atoms with Crippen molar-refractivity contribution in [2.24, 2.45) is 0 Å². The molecule has 0 saturated heterocycles. The van der Waals surface area contributed by atoms with Gasteiger partial charge in [-0.15, -0.1) is 10.2 Å². The predicted octanol–water partition coefficient (Wildman–Crippen LogP) is 1.80. The SMILES string of the molecule is CC(=O)OCc1ccc(-c2nnco2)cc1. The molecular formula is C11H10N2O3. The molecule has 16 heavy (non-hydrogen) atoms. The van der Waals surface area contributed by atoms with Crippen LogP contribution in [0.5, 0.6) is 0 Å². The maximum atomic E-state index is 10.6. The Hall–Kier alpha value is -2.17. The fraction of sp³-hybridized carbons (Fsp3) is 0.182. The molecule has 1 aromatic carbocycles. The molecule has 0 radical (unpaired) electrons. The molecule has 0 aliphatic carbocycles. The van der Waals surface area contributed by atoms with E-state index in [4.69, 9.17) is 9.15 Å². The molecule has 0 spiro atoms. The van der Waals surface area contributed by atoms with E-state index in [2.05, 4.69) is 10.2 Å². The number of carbonyl (C=O) groups is 1. The van der Waals surface area contributed by atoms with Gasteiger partial charge in [0.25, 0.3) is 0 Å². The zero-order valence-corrected chi connectivity index (χ0v) is 8.71. The maximum absolute atomic E-state index is 10.6. The Bertz CT molecular complexity index is 462. The minimum Gasteiger partial charge on any atom is -0.461 e. The van der Waals surface area contributed by atoms with Gasteiger partial charge in [-0.05, 0) is 17.7 Å². The third-order valence-corrected chi connectivity index (χ3v) is 2.00. The molecule has 0 atom stereocenters. The van der Waals surface area contributed by atoms with Crippen molar-refractivity contribution in [1.82, 2.24) is 10.2 Å². The van der Waals surface area contributed by atoms with Crippen LogP contribution >= 0.6 is 0 Å². The van der Waals surface area contributed by atoms with Gasteiger partial charge in [0.05, 0.1) is 0 Å². The van der Waals surface area contributed by atoms with Gasteiger partial charge >= 0.3 is 5.97 Å². The van der Waals surface area contributed by atoms with Crippen LogP contribution in [0.15, 0.2) is 35.1 Å². The molecule has 0 aliphatic heterocycles. The molecule has 0 aliphatic rings. The standard InChI is InChI=1S/C11H10N2O3/c1-8(14)15-6-9-2-4-10(5-3-9)11-13-12-7-16-11/h2-5,7H,6H2,1H3. The smallest absolute Gasteiger partial charge is 0.302 e. The molecule has 0 fully saturated rings. The van der Waals surface area contributed by atoms with Crippen molar-refractivity contribution in [2.75, 3.05) is 0 Å². The van der Waals surface area contributed by atoms with Crippen LogP contribution < -0.4 is 0 Å². The van der Waals surface area contributed by atoms with Crippen molar-refractivity contribution >= 4 is 5.97 Å². The van der Waals surface area contributed by atoms with Crippen LogP contribution in [0.1, 0.15) is 12.5 Å². The number of hydrogen-bond donors (Lipinski definition) is 0. The predicted molar refractivity (Wildman–Crippen MR) is 55.2 cm³/mol. The van der Waals surface area contributed by atoms with Crippen molar-refractivity contribution in [3.8, 4) is 11.5 Å². The normalized spacial score (nSPS) is 10.1. The van der Waals surface area contributed by atoms with Crippen LogP contribution in [0.25, 0.3) is 11.5 Å². The van der Waals surface area contributed by atoms with Crippen molar-refractivity contribution < 1.29 is 13.9 Å². The van der Waals surface area contributed by atoms with Crippen molar-refractivity contribution in [2.45, 2.75) is 13.5 Å². The lowest BCUT2D eigenvalue weighted by molar-refractivity contribution is -0.142. The first kappa shape index (κ1) is 10.4. The third-order valence-electron chi connectivity index (χ3n) is 2.00. The molecule has 0 bridgehead atoms. The summed E-state index contributed by atoms with van der Waals surface area (Å²) in [5.74, 6) is 0.181. The van der Waals surface area contributed by atoms with Crippen LogP contribution in [0.3, 0.4) is 0 Å². The van der Waals surface area contributed by atoms with Crippen LogP contribution in [-0.4, -0.2) is 16.2 Å². The molecule has 2 rings (SSSR count). The van der Waals surface area contributed by atoms with Gasteiger partial charge in [0.1, 0.15) is 6.61 Å². The molecular weight excluding hydrogens is 208 g/mol. The molecule has 82 valence electrons. The van der Waals surface area contributed by atoms with Gasteiger partial charge in [-0.25, -0.2) is 0 Å². The van der Waals surface area contributed by atoms with E-state index in [1.54, 1.807) is 0 Å². The highest BCUT2D eigenvalue weighted by Crippen LogP contribution is 2.16. The van der Waals surface area contributed by atoms with E-state index < -0.39 is 0 Å². The summed E-state index contributed by atoms with van der Waals surface area (Å²) in [6.45, 7) is 1.66. The highest BCUT2D eigenvalue weighted by molar-refractivity contribution is 5.66. The topological polar surface area (TPSA) is 65.2 Å². The lowest BCUT2D eigenvalue weighted by Gasteiger charge is -2.02. The summed E-state index contributed by atoms with van der Waals surface area (Å²) >= 11 is 0. The number of carbonyl (C=O) groups excluding carboxylic acids is 1. The van der Waals surface area contributed by atoms with Crippen LogP contribution in [0.2, 0.25) is 0 Å². The van der Waals surface area contributed by atoms with Crippen LogP contribution in [0, 0.1) is 0 Å². The Balaban J connectivity index is 2.08. The molecule has 5 nitrogen and oxygen atoms in total. The Morgan fingerprint density at radius 1 is 1.38 bits per heavy atom. The molecule has 1 aromatic heterocycles. The van der Waals surface area contributed by atoms with Crippen molar-refractivity contribution in [3.63, 3.8) is 0 Å². The number of nitrogens with zero attached hydrogens (tertiary/aromatic N) is 2. The van der Waals surface area contributed by atoms with E-state index in [9.17, 15) is 4.79 Å². The maximum Gasteiger partial charge on any atom is 0.302 e. The minimum absolute atomic E-state index is 0.277. The van der Waals surface area contributed by atoms with Crippen LogP contribution in [-0.2, 0) is 16.1 Å². The molecule has 5 heteroatoms. The fourth-order valence-corrected chi connectivity index (χ4v) is 1.23. The quantitative estimate of drug-likeness (QED) is 0.735. The number of aromatic nitrogens is 2. The Kier molecular flexibility index (Phi) is 2.95. The van der Waals surface area contributed by atoms with E-state index in [1.807, 2.05) is 24.3 Å². The number of benzene rings is 1. The van der Waals surface area contributed by atoms with Crippen LogP contribution in [0.4, 0.5) is 0 Å². The lowest BCUT2D eigenvalue weighted by Crippen LogP contribution is -1.98. The summed E-state index contributed by atoms with van der Waals surface area (Å²) in [4.78, 5) is 10.6. The van der Waals surface area contributed by atoms with Crippen molar-refractivity contribution in [1.29, 1.82) is 0 Å². The second-order valence-corrected chi connectivity index (χ2v) is 3.22. The first-order valence-corrected chi connectivity index (χ1v) is 4.74. The van der Waals surface area contributed by atoms with E-state index in [0.717, 1.165) is 11.1 Å². The summed E-state index contributed by atoms with van der Waals surface area (Å²) in [5, 5.41) is 7.38. The van der Waals surface area contributed by atoms with Crippen molar-refractivity contribution in [3.05, 3.63) is 36.2 Å². The Labute approximate surface area is 92.1 Å². The minimum atomic E-state index is -0.291.